The van der Waals surface area contributed by atoms with Crippen LogP contribution in [0.25, 0.3) is 10.9 Å². The summed E-state index contributed by atoms with van der Waals surface area (Å²) in [7, 11) is 0. The Balaban J connectivity index is 1.48. The van der Waals surface area contributed by atoms with Crippen LogP contribution in [0.5, 0.6) is 0 Å². The van der Waals surface area contributed by atoms with Crippen molar-refractivity contribution >= 4 is 22.8 Å². The monoisotopic (exact) mass is 368 g/mol. The Kier molecular flexibility index (Phi) is 5.34. The van der Waals surface area contributed by atoms with Crippen molar-refractivity contribution in [3.05, 3.63) is 41.1 Å². The van der Waals surface area contributed by atoms with Crippen LogP contribution in [0.15, 0.2) is 24.3 Å². The Labute approximate surface area is 158 Å². The predicted octanol–water partition coefficient (Wildman–Crippen LogP) is 2.57. The van der Waals surface area contributed by atoms with Gasteiger partial charge >= 0.3 is 5.97 Å². The summed E-state index contributed by atoms with van der Waals surface area (Å²) in [6, 6.07) is 7.61. The van der Waals surface area contributed by atoms with E-state index in [1.807, 2.05) is 24.3 Å². The molecule has 0 spiro atoms. The molecule has 1 aliphatic heterocycles. The van der Waals surface area contributed by atoms with Gasteiger partial charge in [0, 0.05) is 24.2 Å². The molecule has 6 nitrogen and oxygen atoms in total. The first-order valence-electron chi connectivity index (χ1n) is 9.68. The average Bonchev–Trinajstić information content (AvgIpc) is 3.22. The first kappa shape index (κ1) is 17.9. The number of benzene rings is 1. The van der Waals surface area contributed by atoms with Gasteiger partial charge in [-0.3, -0.25) is 9.78 Å². The molecule has 0 bridgehead atoms. The number of aryl methyl sites for hydroxylation is 1. The number of aromatic nitrogens is 1. The van der Waals surface area contributed by atoms with E-state index in [4.69, 9.17) is 14.5 Å². The van der Waals surface area contributed by atoms with E-state index in [0.29, 0.717) is 12.1 Å². The van der Waals surface area contributed by atoms with Gasteiger partial charge < -0.3 is 14.8 Å². The van der Waals surface area contributed by atoms with Crippen LogP contribution in [0.3, 0.4) is 0 Å². The molecule has 1 N–H and O–H groups in total. The minimum atomic E-state index is -0.445. The average molecular weight is 368 g/mol. The van der Waals surface area contributed by atoms with Crippen molar-refractivity contribution in [1.29, 1.82) is 0 Å². The van der Waals surface area contributed by atoms with Crippen LogP contribution in [-0.2, 0) is 27.1 Å². The second-order valence-corrected chi connectivity index (χ2v) is 7.15. The van der Waals surface area contributed by atoms with Crippen molar-refractivity contribution in [3.8, 4) is 0 Å². The number of amides is 1. The minimum absolute atomic E-state index is 0.0702. The number of ether oxygens (including phenoxy) is 2. The molecule has 1 aromatic carbocycles. The van der Waals surface area contributed by atoms with Crippen molar-refractivity contribution in [1.82, 2.24) is 10.3 Å². The summed E-state index contributed by atoms with van der Waals surface area (Å²) in [5.41, 5.74) is 3.33. The molecule has 142 valence electrons. The quantitative estimate of drug-likeness (QED) is 0.821. The van der Waals surface area contributed by atoms with Crippen LogP contribution >= 0.6 is 0 Å². The highest BCUT2D eigenvalue weighted by molar-refractivity contribution is 6.05. The molecule has 2 aliphatic rings. The van der Waals surface area contributed by atoms with Crippen molar-refractivity contribution in [2.75, 3.05) is 19.8 Å². The summed E-state index contributed by atoms with van der Waals surface area (Å²) in [6.07, 6.45) is 5.87. The number of carbonyl (C=O) groups is 2. The van der Waals surface area contributed by atoms with Gasteiger partial charge in [-0.2, -0.15) is 0 Å². The van der Waals surface area contributed by atoms with Crippen LogP contribution < -0.4 is 5.32 Å². The van der Waals surface area contributed by atoms with Gasteiger partial charge in [-0.05, 0) is 50.2 Å². The van der Waals surface area contributed by atoms with E-state index in [-0.39, 0.29) is 18.6 Å². The van der Waals surface area contributed by atoms with Gasteiger partial charge in [0.2, 0.25) is 0 Å². The molecule has 1 saturated heterocycles. The third-order valence-corrected chi connectivity index (χ3v) is 5.26. The summed E-state index contributed by atoms with van der Waals surface area (Å²) >= 11 is 0. The third-order valence-electron chi connectivity index (χ3n) is 5.26. The normalized spacial score (nSPS) is 18.9. The van der Waals surface area contributed by atoms with Gasteiger partial charge in [0.1, 0.15) is 0 Å². The van der Waals surface area contributed by atoms with E-state index in [9.17, 15) is 9.59 Å². The maximum Gasteiger partial charge on any atom is 0.339 e. The van der Waals surface area contributed by atoms with E-state index in [2.05, 4.69) is 5.32 Å². The third kappa shape index (κ3) is 3.95. The zero-order valence-electron chi connectivity index (χ0n) is 15.3. The van der Waals surface area contributed by atoms with Gasteiger partial charge in [0.25, 0.3) is 5.91 Å². The summed E-state index contributed by atoms with van der Waals surface area (Å²) < 4.78 is 10.8. The maximum atomic E-state index is 12.8. The van der Waals surface area contributed by atoms with Crippen LogP contribution in [0.2, 0.25) is 0 Å². The second kappa shape index (κ2) is 8.05. The molecule has 1 amide bonds. The molecule has 0 unspecified atom stereocenters. The van der Waals surface area contributed by atoms with Gasteiger partial charge in [0.05, 0.1) is 17.2 Å². The Morgan fingerprint density at radius 1 is 1.19 bits per heavy atom. The Morgan fingerprint density at radius 2 is 2.04 bits per heavy atom. The number of para-hydroxylation sites is 1. The summed E-state index contributed by atoms with van der Waals surface area (Å²) in [5, 5.41) is 3.57. The van der Waals surface area contributed by atoms with E-state index in [1.165, 1.54) is 0 Å². The van der Waals surface area contributed by atoms with E-state index < -0.39 is 5.97 Å². The number of hydrogen-bond donors (Lipinski definition) is 1. The summed E-state index contributed by atoms with van der Waals surface area (Å²) in [6.45, 7) is 0.927. The molecule has 1 aliphatic carbocycles. The van der Waals surface area contributed by atoms with Gasteiger partial charge in [-0.15, -0.1) is 0 Å². The topological polar surface area (TPSA) is 77.5 Å². The van der Waals surface area contributed by atoms with E-state index in [0.717, 1.165) is 67.3 Å². The largest absolute Gasteiger partial charge is 0.452 e. The van der Waals surface area contributed by atoms with E-state index in [1.54, 1.807) is 0 Å². The fourth-order valence-electron chi connectivity index (χ4n) is 3.89. The lowest BCUT2D eigenvalue weighted by atomic mass is 9.90. The number of nitrogens with zero attached hydrogens (tertiary/aromatic N) is 1. The van der Waals surface area contributed by atoms with Gasteiger partial charge in [-0.1, -0.05) is 18.2 Å². The number of hydrogen-bond acceptors (Lipinski definition) is 5. The van der Waals surface area contributed by atoms with Crippen molar-refractivity contribution in [3.63, 3.8) is 0 Å². The molecular formula is C21H24N2O4. The molecule has 1 fully saturated rings. The van der Waals surface area contributed by atoms with Crippen molar-refractivity contribution in [2.45, 2.75) is 44.6 Å². The molecule has 1 atom stereocenters. The minimum Gasteiger partial charge on any atom is -0.452 e. The smallest absolute Gasteiger partial charge is 0.339 e. The molecule has 2 aromatic rings. The number of carbonyl (C=O) groups excluding carboxylic acids is 2. The molecule has 4 rings (SSSR count). The first-order chi connectivity index (χ1) is 13.2. The first-order valence-corrected chi connectivity index (χ1v) is 9.68. The Hall–Kier alpha value is -2.47. The molecule has 27 heavy (non-hydrogen) atoms. The highest BCUT2D eigenvalue weighted by Crippen LogP contribution is 2.29. The summed E-state index contributed by atoms with van der Waals surface area (Å²) in [5.74, 6) is -0.745. The highest BCUT2D eigenvalue weighted by atomic mass is 16.5. The molecule has 1 aromatic heterocycles. The highest BCUT2D eigenvalue weighted by Gasteiger charge is 2.24. The fraction of sp³-hybridized carbons (Fsp3) is 0.476. The fourth-order valence-corrected chi connectivity index (χ4v) is 3.89. The van der Waals surface area contributed by atoms with Crippen LogP contribution in [0.4, 0.5) is 0 Å². The Morgan fingerprint density at radius 3 is 2.89 bits per heavy atom. The lowest BCUT2D eigenvalue weighted by Gasteiger charge is -2.20. The number of pyridine rings is 1. The lowest BCUT2D eigenvalue weighted by molar-refractivity contribution is -0.124. The summed E-state index contributed by atoms with van der Waals surface area (Å²) in [4.78, 5) is 29.6. The number of esters is 1. The molecule has 0 saturated carbocycles. The predicted molar refractivity (Wildman–Crippen MR) is 101 cm³/mol. The van der Waals surface area contributed by atoms with Crippen LogP contribution in [0, 0.1) is 0 Å². The zero-order chi connectivity index (χ0) is 18.6. The molecular weight excluding hydrogens is 344 g/mol. The molecule has 6 heteroatoms. The Bertz CT molecular complexity index is 859. The van der Waals surface area contributed by atoms with Crippen LogP contribution in [0.1, 0.15) is 47.3 Å². The van der Waals surface area contributed by atoms with Gasteiger partial charge in [0.15, 0.2) is 6.61 Å². The van der Waals surface area contributed by atoms with Crippen LogP contribution in [-0.4, -0.2) is 42.7 Å². The number of nitrogens with one attached hydrogen (secondary N) is 1. The maximum absolute atomic E-state index is 12.8. The number of rotatable bonds is 5. The van der Waals surface area contributed by atoms with Crippen molar-refractivity contribution < 1.29 is 19.1 Å². The molecule has 0 radical (unpaired) electrons. The lowest BCUT2D eigenvalue weighted by Crippen LogP contribution is -2.35. The number of fused-ring (bicyclic) bond motifs is 2. The van der Waals surface area contributed by atoms with Gasteiger partial charge in [-0.25, -0.2) is 4.79 Å². The van der Waals surface area contributed by atoms with Crippen molar-refractivity contribution in [2.24, 2.45) is 0 Å². The van der Waals surface area contributed by atoms with E-state index >= 15 is 0 Å². The SMILES string of the molecule is O=C(COC(=O)c1c2c(nc3ccccc13)CCCC2)NC[C@@H]1CCCO1. The standard InChI is InChI=1S/C21H24N2O4/c24-19(22-12-14-6-5-11-26-14)13-27-21(25)20-15-7-1-3-9-17(15)23-18-10-4-2-8-16(18)20/h1,3,7,9,14H,2,4-6,8,10-13H2,(H,22,24)/t14-/m0/s1. The molecule has 2 heterocycles. The second-order valence-electron chi connectivity index (χ2n) is 7.15. The zero-order valence-corrected chi connectivity index (χ0v) is 15.3.